The smallest absolute Gasteiger partial charge is 0.264 e. The van der Waals surface area contributed by atoms with Gasteiger partial charge in [-0.25, -0.2) is 4.98 Å². The minimum absolute atomic E-state index is 0.125. The van der Waals surface area contributed by atoms with Crippen LogP contribution >= 0.6 is 22.9 Å². The Morgan fingerprint density at radius 1 is 1.29 bits per heavy atom. The van der Waals surface area contributed by atoms with E-state index in [-0.39, 0.29) is 5.91 Å². The molecule has 0 bridgehead atoms. The Hall–Kier alpha value is -1.65. The molecule has 1 saturated heterocycles. The molecule has 2 aromatic heterocycles. The molecule has 1 aromatic carbocycles. The van der Waals surface area contributed by atoms with Gasteiger partial charge in [0.05, 0.1) is 10.4 Å². The second-order valence-corrected chi connectivity index (χ2v) is 8.03. The van der Waals surface area contributed by atoms with Gasteiger partial charge in [0.2, 0.25) is 0 Å². The number of likely N-dealkylation sites (tertiary alicyclic amines) is 1. The second-order valence-electron chi connectivity index (χ2n) is 6.62. The summed E-state index contributed by atoms with van der Waals surface area (Å²) in [6.45, 7) is 5.05. The lowest BCUT2D eigenvalue weighted by Crippen LogP contribution is -2.41. The largest absolute Gasteiger partial charge is 0.335 e. The minimum atomic E-state index is 0.125. The van der Waals surface area contributed by atoms with E-state index in [9.17, 15) is 4.79 Å². The lowest BCUT2D eigenvalue weighted by molar-refractivity contribution is 0.0641. The highest BCUT2D eigenvalue weighted by atomic mass is 35.5. The van der Waals surface area contributed by atoms with Crippen LogP contribution in [0.15, 0.2) is 24.3 Å². The van der Waals surface area contributed by atoms with E-state index in [1.807, 2.05) is 23.1 Å². The SMILES string of the molecule is Cc1ccc2nc(Cl)c3cc(C(=O)N4CCCC[C@@H]4C)sc3c2c1. The lowest BCUT2D eigenvalue weighted by Gasteiger charge is -2.33. The van der Waals surface area contributed by atoms with Gasteiger partial charge in [-0.1, -0.05) is 23.2 Å². The summed E-state index contributed by atoms with van der Waals surface area (Å²) in [5, 5.41) is 2.43. The number of hydrogen-bond donors (Lipinski definition) is 0. The number of piperidine rings is 1. The van der Waals surface area contributed by atoms with Crippen LogP contribution in [0.4, 0.5) is 0 Å². The van der Waals surface area contributed by atoms with Crippen molar-refractivity contribution in [3.63, 3.8) is 0 Å². The molecule has 1 amide bonds. The Balaban J connectivity index is 1.85. The van der Waals surface area contributed by atoms with Gasteiger partial charge in [0.25, 0.3) is 5.91 Å². The van der Waals surface area contributed by atoms with Crippen LogP contribution in [0.3, 0.4) is 0 Å². The van der Waals surface area contributed by atoms with Crippen LogP contribution in [0.25, 0.3) is 21.0 Å². The van der Waals surface area contributed by atoms with Crippen molar-refractivity contribution in [3.8, 4) is 0 Å². The highest BCUT2D eigenvalue weighted by Crippen LogP contribution is 2.37. The Morgan fingerprint density at radius 2 is 2.12 bits per heavy atom. The highest BCUT2D eigenvalue weighted by Gasteiger charge is 2.26. The van der Waals surface area contributed by atoms with Gasteiger partial charge in [-0.05, 0) is 51.3 Å². The zero-order valence-electron chi connectivity index (χ0n) is 13.8. The average molecular weight is 359 g/mol. The molecule has 124 valence electrons. The molecule has 1 atom stereocenters. The fourth-order valence-corrected chi connectivity index (χ4v) is 4.92. The molecule has 0 N–H and O–H groups in total. The average Bonchev–Trinajstić information content (AvgIpc) is 3.02. The zero-order chi connectivity index (χ0) is 16.8. The van der Waals surface area contributed by atoms with Crippen LogP contribution in [0.5, 0.6) is 0 Å². The van der Waals surface area contributed by atoms with E-state index in [0.717, 1.165) is 45.3 Å². The molecule has 4 rings (SSSR count). The van der Waals surface area contributed by atoms with Crippen molar-refractivity contribution < 1.29 is 4.79 Å². The van der Waals surface area contributed by atoms with Crippen LogP contribution in [-0.4, -0.2) is 28.4 Å². The summed E-state index contributed by atoms with van der Waals surface area (Å²) in [5.74, 6) is 0.125. The van der Waals surface area contributed by atoms with Gasteiger partial charge >= 0.3 is 0 Å². The number of rotatable bonds is 1. The number of fused-ring (bicyclic) bond motifs is 3. The molecule has 5 heteroatoms. The number of thiophene rings is 1. The van der Waals surface area contributed by atoms with E-state index in [2.05, 4.69) is 24.9 Å². The number of halogens is 1. The van der Waals surface area contributed by atoms with Gasteiger partial charge in [0.15, 0.2) is 0 Å². The fourth-order valence-electron chi connectivity index (χ4n) is 3.49. The minimum Gasteiger partial charge on any atom is -0.335 e. The number of carbonyl (C=O) groups is 1. The Bertz CT molecular complexity index is 949. The van der Waals surface area contributed by atoms with Gasteiger partial charge in [-0.15, -0.1) is 11.3 Å². The van der Waals surface area contributed by atoms with E-state index in [0.29, 0.717) is 11.2 Å². The third kappa shape index (κ3) is 2.58. The van der Waals surface area contributed by atoms with E-state index >= 15 is 0 Å². The van der Waals surface area contributed by atoms with Crippen LogP contribution in [-0.2, 0) is 0 Å². The van der Waals surface area contributed by atoms with Crippen molar-refractivity contribution in [1.82, 2.24) is 9.88 Å². The molecule has 1 aliphatic rings. The molecule has 0 spiro atoms. The quantitative estimate of drug-likeness (QED) is 0.544. The van der Waals surface area contributed by atoms with Crippen molar-refractivity contribution in [1.29, 1.82) is 0 Å². The monoisotopic (exact) mass is 358 g/mol. The van der Waals surface area contributed by atoms with Crippen LogP contribution in [0.1, 0.15) is 41.4 Å². The maximum atomic E-state index is 13.0. The second kappa shape index (κ2) is 6.01. The molecule has 3 heterocycles. The first-order valence-electron chi connectivity index (χ1n) is 8.35. The molecular weight excluding hydrogens is 340 g/mol. The van der Waals surface area contributed by atoms with E-state index < -0.39 is 0 Å². The number of carbonyl (C=O) groups excluding carboxylic acids is 1. The standard InChI is InChI=1S/C19H19ClN2OS/c1-11-6-7-15-13(9-11)17-14(18(20)21-15)10-16(24-17)19(23)22-8-4-3-5-12(22)2/h6-7,9-10,12H,3-5,8H2,1-2H3/t12-/m0/s1. The molecule has 0 radical (unpaired) electrons. The predicted octanol–water partition coefficient (Wildman–Crippen LogP) is 5.43. The van der Waals surface area contributed by atoms with Crippen molar-refractivity contribution in [2.75, 3.05) is 6.54 Å². The number of benzene rings is 1. The van der Waals surface area contributed by atoms with Crippen molar-refractivity contribution in [2.24, 2.45) is 0 Å². The van der Waals surface area contributed by atoms with Gasteiger partial charge < -0.3 is 4.90 Å². The highest BCUT2D eigenvalue weighted by molar-refractivity contribution is 7.21. The van der Waals surface area contributed by atoms with Gasteiger partial charge in [-0.2, -0.15) is 0 Å². The molecule has 24 heavy (non-hydrogen) atoms. The number of aromatic nitrogens is 1. The number of amides is 1. The van der Waals surface area contributed by atoms with Gasteiger partial charge in [0, 0.05) is 28.1 Å². The maximum Gasteiger partial charge on any atom is 0.264 e. The summed E-state index contributed by atoms with van der Waals surface area (Å²) in [5.41, 5.74) is 2.06. The van der Waals surface area contributed by atoms with Gasteiger partial charge in [-0.3, -0.25) is 4.79 Å². The molecular formula is C19H19ClN2OS. The summed E-state index contributed by atoms with van der Waals surface area (Å²) in [6, 6.07) is 8.37. The zero-order valence-corrected chi connectivity index (χ0v) is 15.4. The molecule has 0 unspecified atom stereocenters. The number of nitrogens with zero attached hydrogens (tertiary/aromatic N) is 2. The first-order chi connectivity index (χ1) is 11.5. The number of aryl methyl sites for hydroxylation is 1. The summed E-state index contributed by atoms with van der Waals surface area (Å²) in [6.07, 6.45) is 3.38. The molecule has 1 fully saturated rings. The molecule has 1 aliphatic heterocycles. The van der Waals surface area contributed by atoms with Crippen molar-refractivity contribution in [3.05, 3.63) is 39.9 Å². The Labute approximate surface area is 150 Å². The first-order valence-corrected chi connectivity index (χ1v) is 9.54. The van der Waals surface area contributed by atoms with Crippen LogP contribution < -0.4 is 0 Å². The van der Waals surface area contributed by atoms with E-state index in [1.165, 1.54) is 23.3 Å². The Kier molecular flexibility index (Phi) is 3.97. The molecule has 3 aromatic rings. The van der Waals surface area contributed by atoms with E-state index in [4.69, 9.17) is 11.6 Å². The van der Waals surface area contributed by atoms with E-state index in [1.54, 1.807) is 0 Å². The topological polar surface area (TPSA) is 33.2 Å². The summed E-state index contributed by atoms with van der Waals surface area (Å²) in [4.78, 5) is 20.2. The number of hydrogen-bond acceptors (Lipinski definition) is 3. The predicted molar refractivity (Wildman–Crippen MR) is 101 cm³/mol. The lowest BCUT2D eigenvalue weighted by atomic mass is 10.0. The first kappa shape index (κ1) is 15.9. The normalized spacial score (nSPS) is 18.5. The third-order valence-electron chi connectivity index (χ3n) is 4.84. The van der Waals surface area contributed by atoms with Crippen LogP contribution in [0.2, 0.25) is 5.15 Å². The maximum absolute atomic E-state index is 13.0. The molecule has 0 aliphatic carbocycles. The third-order valence-corrected chi connectivity index (χ3v) is 6.29. The fraction of sp³-hybridized carbons (Fsp3) is 0.368. The molecule has 3 nitrogen and oxygen atoms in total. The number of pyridine rings is 1. The van der Waals surface area contributed by atoms with Crippen molar-refractivity contribution in [2.45, 2.75) is 39.2 Å². The summed E-state index contributed by atoms with van der Waals surface area (Å²) < 4.78 is 1.06. The Morgan fingerprint density at radius 3 is 2.92 bits per heavy atom. The van der Waals surface area contributed by atoms with Gasteiger partial charge in [0.1, 0.15) is 5.15 Å². The van der Waals surface area contributed by atoms with Crippen molar-refractivity contribution >= 4 is 49.8 Å². The summed E-state index contributed by atoms with van der Waals surface area (Å²) in [7, 11) is 0. The van der Waals surface area contributed by atoms with Crippen LogP contribution in [0, 0.1) is 6.92 Å². The summed E-state index contributed by atoms with van der Waals surface area (Å²) >= 11 is 7.92. The molecule has 0 saturated carbocycles.